The highest BCUT2D eigenvalue weighted by Gasteiger charge is 2.43. The van der Waals surface area contributed by atoms with Gasteiger partial charge in [0.1, 0.15) is 5.76 Å². The number of hydrogen-bond donors (Lipinski definition) is 1. The van der Waals surface area contributed by atoms with Gasteiger partial charge in [0.05, 0.1) is 44.8 Å². The molecule has 2 aliphatic heterocycles. The van der Waals surface area contributed by atoms with Crippen molar-refractivity contribution in [3.8, 4) is 11.5 Å². The molecule has 1 unspecified atom stereocenters. The van der Waals surface area contributed by atoms with Gasteiger partial charge in [-0.3, -0.25) is 14.5 Å². The van der Waals surface area contributed by atoms with Crippen LogP contribution in [0.2, 0.25) is 0 Å². The molecule has 1 N–H and O–H groups in total. The minimum Gasteiger partial charge on any atom is -0.503 e. The molecule has 3 heterocycles. The summed E-state index contributed by atoms with van der Waals surface area (Å²) in [5.74, 6) is -0.0273. The van der Waals surface area contributed by atoms with Gasteiger partial charge in [0.15, 0.2) is 23.0 Å². The number of nitrogens with zero attached hydrogens (tertiary/aromatic N) is 2. The van der Waals surface area contributed by atoms with Gasteiger partial charge >= 0.3 is 0 Å². The first-order valence-electron chi connectivity index (χ1n) is 12.1. The highest BCUT2D eigenvalue weighted by molar-refractivity contribution is 6.14. The van der Waals surface area contributed by atoms with Gasteiger partial charge in [0.25, 0.3) is 5.91 Å². The predicted molar refractivity (Wildman–Crippen MR) is 133 cm³/mol. The number of aliphatic hydroxyl groups is 1. The molecule has 9 nitrogen and oxygen atoms in total. The second kappa shape index (κ2) is 11.9. The fraction of sp³-hybridized carbons (Fsp3) is 0.407. The van der Waals surface area contributed by atoms with Crippen LogP contribution in [0.4, 0.5) is 0 Å². The van der Waals surface area contributed by atoms with Gasteiger partial charge in [-0.1, -0.05) is 13.0 Å². The molecule has 0 radical (unpaired) electrons. The standard InChI is InChI=1S/C27H32N2O7/c1-3-14-36-22-9-6-19(18-23(22)33-2)25-24(21(30)8-7-20-5-4-15-35-20)26(31)27(32)29(25)11-10-28-12-16-34-17-13-28/h4-9,15,18,25,31H,3,10-14,16-17H2,1-2H3/b8-7+. The normalized spacial score (nSPS) is 18.9. The van der Waals surface area contributed by atoms with E-state index in [1.54, 1.807) is 42.3 Å². The van der Waals surface area contributed by atoms with E-state index in [1.807, 2.05) is 6.92 Å². The number of morpholine rings is 1. The largest absolute Gasteiger partial charge is 0.503 e. The predicted octanol–water partition coefficient (Wildman–Crippen LogP) is 3.39. The lowest BCUT2D eigenvalue weighted by molar-refractivity contribution is -0.129. The van der Waals surface area contributed by atoms with E-state index in [0.29, 0.717) is 55.7 Å². The maximum Gasteiger partial charge on any atom is 0.290 e. The Labute approximate surface area is 210 Å². The van der Waals surface area contributed by atoms with Crippen LogP contribution in [0, 0.1) is 0 Å². The molecular weight excluding hydrogens is 464 g/mol. The van der Waals surface area contributed by atoms with Gasteiger partial charge in [-0.05, 0) is 48.4 Å². The molecule has 2 aromatic rings. The van der Waals surface area contributed by atoms with Gasteiger partial charge < -0.3 is 28.6 Å². The second-order valence-corrected chi connectivity index (χ2v) is 8.59. The van der Waals surface area contributed by atoms with Gasteiger partial charge in [-0.15, -0.1) is 0 Å². The van der Waals surface area contributed by atoms with Crippen molar-refractivity contribution in [2.75, 3.05) is 53.1 Å². The Hall–Kier alpha value is -3.56. The van der Waals surface area contributed by atoms with Crippen LogP contribution in [0.3, 0.4) is 0 Å². The summed E-state index contributed by atoms with van der Waals surface area (Å²) in [4.78, 5) is 30.2. The van der Waals surface area contributed by atoms with Crippen LogP contribution in [0.5, 0.6) is 11.5 Å². The Balaban J connectivity index is 1.66. The second-order valence-electron chi connectivity index (χ2n) is 8.59. The van der Waals surface area contributed by atoms with Crippen molar-refractivity contribution in [1.82, 2.24) is 9.80 Å². The summed E-state index contributed by atoms with van der Waals surface area (Å²) in [7, 11) is 1.54. The van der Waals surface area contributed by atoms with E-state index < -0.39 is 23.5 Å². The Bertz CT molecular complexity index is 1120. The first-order chi connectivity index (χ1) is 17.5. The number of ketones is 1. The zero-order valence-electron chi connectivity index (χ0n) is 20.6. The zero-order chi connectivity index (χ0) is 25.5. The maximum atomic E-state index is 13.3. The minimum atomic E-state index is -0.776. The van der Waals surface area contributed by atoms with E-state index in [0.717, 1.165) is 19.5 Å². The van der Waals surface area contributed by atoms with Crippen molar-refractivity contribution in [1.29, 1.82) is 0 Å². The van der Waals surface area contributed by atoms with Crippen LogP contribution in [0.1, 0.15) is 30.7 Å². The molecule has 36 heavy (non-hydrogen) atoms. The number of benzene rings is 1. The summed E-state index contributed by atoms with van der Waals surface area (Å²) in [5, 5.41) is 10.8. The van der Waals surface area contributed by atoms with Crippen molar-refractivity contribution in [2.24, 2.45) is 0 Å². The number of amides is 1. The fourth-order valence-corrected chi connectivity index (χ4v) is 4.38. The Morgan fingerprint density at radius 2 is 2.00 bits per heavy atom. The van der Waals surface area contributed by atoms with Crippen LogP contribution >= 0.6 is 0 Å². The third-order valence-electron chi connectivity index (χ3n) is 6.24. The lowest BCUT2D eigenvalue weighted by Crippen LogP contribution is -2.43. The Kier molecular flexibility index (Phi) is 8.45. The first-order valence-corrected chi connectivity index (χ1v) is 12.1. The van der Waals surface area contributed by atoms with Crippen molar-refractivity contribution in [2.45, 2.75) is 19.4 Å². The Morgan fingerprint density at radius 1 is 1.19 bits per heavy atom. The van der Waals surface area contributed by atoms with Crippen molar-refractivity contribution >= 4 is 17.8 Å². The van der Waals surface area contributed by atoms with Crippen LogP contribution in [0.25, 0.3) is 6.08 Å². The average Bonchev–Trinajstić information content (AvgIpc) is 3.52. The maximum absolute atomic E-state index is 13.3. The minimum absolute atomic E-state index is 0.0223. The monoisotopic (exact) mass is 496 g/mol. The van der Waals surface area contributed by atoms with E-state index in [-0.39, 0.29) is 5.57 Å². The average molecular weight is 497 g/mol. The van der Waals surface area contributed by atoms with Crippen molar-refractivity contribution < 1.29 is 33.3 Å². The highest BCUT2D eigenvalue weighted by atomic mass is 16.5. The quantitative estimate of drug-likeness (QED) is 0.473. The molecule has 1 saturated heterocycles. The molecule has 4 rings (SSSR count). The molecule has 0 saturated carbocycles. The molecule has 0 bridgehead atoms. The van der Waals surface area contributed by atoms with E-state index in [1.165, 1.54) is 18.4 Å². The number of allylic oxidation sites excluding steroid dienone is 1. The van der Waals surface area contributed by atoms with Gasteiger partial charge in [-0.25, -0.2) is 0 Å². The molecule has 1 fully saturated rings. The molecule has 192 valence electrons. The number of hydrogen-bond acceptors (Lipinski definition) is 8. The molecule has 0 spiro atoms. The van der Waals surface area contributed by atoms with Crippen LogP contribution < -0.4 is 9.47 Å². The highest BCUT2D eigenvalue weighted by Crippen LogP contribution is 2.41. The number of rotatable bonds is 11. The molecule has 1 amide bonds. The zero-order valence-corrected chi connectivity index (χ0v) is 20.6. The molecule has 2 aliphatic rings. The summed E-state index contributed by atoms with van der Waals surface area (Å²) in [6.45, 7) is 6.28. The van der Waals surface area contributed by atoms with Crippen LogP contribution in [-0.2, 0) is 14.3 Å². The number of carbonyl (C=O) groups is 2. The summed E-state index contributed by atoms with van der Waals surface area (Å²) < 4.78 is 22.0. The molecule has 1 aromatic heterocycles. The molecule has 0 aliphatic carbocycles. The Morgan fingerprint density at radius 3 is 2.69 bits per heavy atom. The SMILES string of the molecule is CCCOc1ccc(C2C(C(=O)/C=C/c3ccco3)=C(O)C(=O)N2CCN2CCOCC2)cc1OC. The lowest BCUT2D eigenvalue weighted by Gasteiger charge is -2.31. The number of methoxy groups -OCH3 is 1. The fourth-order valence-electron chi connectivity index (χ4n) is 4.38. The van der Waals surface area contributed by atoms with Crippen molar-refractivity contribution in [3.05, 3.63) is 65.3 Å². The first kappa shape index (κ1) is 25.5. The molecular formula is C27H32N2O7. The van der Waals surface area contributed by atoms with Gasteiger partial charge in [-0.2, -0.15) is 0 Å². The topological polar surface area (TPSA) is 102 Å². The number of carbonyl (C=O) groups excluding carboxylic acids is 2. The summed E-state index contributed by atoms with van der Waals surface area (Å²) >= 11 is 0. The number of aliphatic hydroxyl groups excluding tert-OH is 1. The molecule has 1 atom stereocenters. The molecule has 1 aromatic carbocycles. The van der Waals surface area contributed by atoms with Crippen LogP contribution in [0.15, 0.2) is 58.4 Å². The van der Waals surface area contributed by atoms with E-state index in [4.69, 9.17) is 18.6 Å². The number of furan rings is 1. The third kappa shape index (κ3) is 5.63. The van der Waals surface area contributed by atoms with Crippen LogP contribution in [-0.4, -0.2) is 79.7 Å². The smallest absolute Gasteiger partial charge is 0.290 e. The van der Waals surface area contributed by atoms with E-state index in [9.17, 15) is 14.7 Å². The summed E-state index contributed by atoms with van der Waals surface area (Å²) in [6.07, 6.45) is 5.17. The summed E-state index contributed by atoms with van der Waals surface area (Å²) in [6, 6.07) is 7.97. The summed E-state index contributed by atoms with van der Waals surface area (Å²) in [5.41, 5.74) is 0.666. The molecule has 9 heteroatoms. The van der Waals surface area contributed by atoms with Crippen molar-refractivity contribution in [3.63, 3.8) is 0 Å². The van der Waals surface area contributed by atoms with Gasteiger partial charge in [0.2, 0.25) is 0 Å². The van der Waals surface area contributed by atoms with E-state index in [2.05, 4.69) is 4.90 Å². The van der Waals surface area contributed by atoms with E-state index >= 15 is 0 Å². The number of ether oxygens (including phenoxy) is 3. The third-order valence-corrected chi connectivity index (χ3v) is 6.24. The lowest BCUT2D eigenvalue weighted by atomic mass is 9.95. The van der Waals surface area contributed by atoms with Gasteiger partial charge in [0, 0.05) is 26.2 Å².